The van der Waals surface area contributed by atoms with Gasteiger partial charge in [0.2, 0.25) is 10.0 Å². The molecule has 0 radical (unpaired) electrons. The summed E-state index contributed by atoms with van der Waals surface area (Å²) in [5, 5.41) is 7.70. The largest absolute Gasteiger partial charge is 0.352 e. The number of hydrogen-bond donors (Lipinski definition) is 2. The van der Waals surface area contributed by atoms with E-state index in [0.29, 0.717) is 18.7 Å². The first-order valence-electron chi connectivity index (χ1n) is 5.62. The fourth-order valence-corrected chi connectivity index (χ4v) is 2.87. The molecule has 3 N–H and O–H groups in total. The SMILES string of the molecule is CS(=O)CCCNC(=O)c1cc(Cl)cc(S(N)(=O)=O)c1. The highest BCUT2D eigenvalue weighted by Crippen LogP contribution is 2.18. The third kappa shape index (κ3) is 5.58. The lowest BCUT2D eigenvalue weighted by atomic mass is 10.2. The van der Waals surface area contributed by atoms with Gasteiger partial charge >= 0.3 is 0 Å². The summed E-state index contributed by atoms with van der Waals surface area (Å²) in [6, 6.07) is 3.69. The quantitative estimate of drug-likeness (QED) is 0.736. The van der Waals surface area contributed by atoms with Gasteiger partial charge in [0.1, 0.15) is 0 Å². The molecule has 0 spiro atoms. The van der Waals surface area contributed by atoms with E-state index in [1.165, 1.54) is 12.1 Å². The van der Waals surface area contributed by atoms with E-state index in [4.69, 9.17) is 16.7 Å². The molecule has 6 nitrogen and oxygen atoms in total. The molecular formula is C11H15ClN2O4S2. The third-order valence-corrected chi connectivity index (χ3v) is 4.33. The van der Waals surface area contributed by atoms with Gasteiger partial charge in [-0.3, -0.25) is 9.00 Å². The van der Waals surface area contributed by atoms with E-state index in [-0.39, 0.29) is 15.5 Å². The minimum absolute atomic E-state index is 0.108. The molecule has 0 saturated heterocycles. The van der Waals surface area contributed by atoms with Gasteiger partial charge in [-0.05, 0) is 24.6 Å². The summed E-state index contributed by atoms with van der Waals surface area (Å²) >= 11 is 5.76. The summed E-state index contributed by atoms with van der Waals surface area (Å²) in [6.45, 7) is 0.343. The first-order chi connectivity index (χ1) is 9.20. The maximum atomic E-state index is 11.8. The second kappa shape index (κ2) is 7.16. The molecule has 1 aromatic carbocycles. The van der Waals surface area contributed by atoms with Crippen molar-refractivity contribution in [2.75, 3.05) is 18.6 Å². The van der Waals surface area contributed by atoms with E-state index in [2.05, 4.69) is 5.32 Å². The highest BCUT2D eigenvalue weighted by Gasteiger charge is 2.14. The van der Waals surface area contributed by atoms with Crippen molar-refractivity contribution in [1.29, 1.82) is 0 Å². The molecule has 1 rings (SSSR count). The summed E-state index contributed by atoms with van der Waals surface area (Å²) in [5.41, 5.74) is 0.110. The van der Waals surface area contributed by atoms with E-state index in [9.17, 15) is 17.4 Å². The lowest BCUT2D eigenvalue weighted by Crippen LogP contribution is -2.25. The Balaban J connectivity index is 2.78. The van der Waals surface area contributed by atoms with Crippen LogP contribution in [0.4, 0.5) is 0 Å². The summed E-state index contributed by atoms with van der Waals surface area (Å²) in [4.78, 5) is 11.6. The zero-order valence-electron chi connectivity index (χ0n) is 10.8. The van der Waals surface area contributed by atoms with Gasteiger partial charge in [0.15, 0.2) is 0 Å². The number of hydrogen-bond acceptors (Lipinski definition) is 4. The Kier molecular flexibility index (Phi) is 6.12. The maximum absolute atomic E-state index is 11.8. The summed E-state index contributed by atoms with van der Waals surface area (Å²) in [7, 11) is -4.83. The molecule has 1 amide bonds. The topological polar surface area (TPSA) is 106 Å². The number of benzene rings is 1. The molecule has 0 saturated carbocycles. The molecule has 0 aromatic heterocycles. The second-order valence-corrected chi connectivity index (χ2v) is 7.66. The number of primary sulfonamides is 1. The molecule has 0 aliphatic rings. The van der Waals surface area contributed by atoms with Crippen LogP contribution in [0.3, 0.4) is 0 Å². The monoisotopic (exact) mass is 338 g/mol. The van der Waals surface area contributed by atoms with Crippen LogP contribution in [-0.2, 0) is 20.8 Å². The zero-order valence-corrected chi connectivity index (χ0v) is 13.1. The van der Waals surface area contributed by atoms with Gasteiger partial charge < -0.3 is 5.32 Å². The number of carbonyl (C=O) groups excluding carboxylic acids is 1. The van der Waals surface area contributed by atoms with E-state index in [1.54, 1.807) is 6.26 Å². The Labute approximate surface area is 125 Å². The van der Waals surface area contributed by atoms with Crippen molar-refractivity contribution < 1.29 is 17.4 Å². The van der Waals surface area contributed by atoms with Crippen molar-refractivity contribution in [2.24, 2.45) is 5.14 Å². The smallest absolute Gasteiger partial charge is 0.251 e. The summed E-state index contributed by atoms with van der Waals surface area (Å²) in [6.07, 6.45) is 2.15. The van der Waals surface area contributed by atoms with Crippen molar-refractivity contribution in [1.82, 2.24) is 5.32 Å². The van der Waals surface area contributed by atoms with Gasteiger partial charge in [-0.25, -0.2) is 13.6 Å². The van der Waals surface area contributed by atoms with Crippen LogP contribution in [0, 0.1) is 0 Å². The Morgan fingerprint density at radius 2 is 2.05 bits per heavy atom. The lowest BCUT2D eigenvalue weighted by Gasteiger charge is -2.07. The fourth-order valence-electron chi connectivity index (χ4n) is 1.44. The van der Waals surface area contributed by atoms with Crippen molar-refractivity contribution in [3.8, 4) is 0 Å². The van der Waals surface area contributed by atoms with Crippen LogP contribution in [0.5, 0.6) is 0 Å². The summed E-state index contributed by atoms with van der Waals surface area (Å²) < 4.78 is 33.4. The third-order valence-electron chi connectivity index (χ3n) is 2.36. The first-order valence-corrected chi connectivity index (χ1v) is 9.27. The normalized spacial score (nSPS) is 12.9. The number of nitrogens with two attached hydrogens (primary N) is 1. The Morgan fingerprint density at radius 3 is 2.60 bits per heavy atom. The van der Waals surface area contributed by atoms with Crippen LogP contribution in [-0.4, -0.2) is 37.1 Å². The zero-order chi connectivity index (χ0) is 15.3. The van der Waals surface area contributed by atoms with Crippen LogP contribution < -0.4 is 10.5 Å². The molecule has 1 aromatic rings. The standard InChI is InChI=1S/C11H15ClN2O4S2/c1-19(16)4-2-3-14-11(15)8-5-9(12)7-10(6-8)20(13,17)18/h5-7H,2-4H2,1H3,(H,14,15)(H2,13,17,18). The van der Waals surface area contributed by atoms with E-state index >= 15 is 0 Å². The minimum atomic E-state index is -3.92. The molecule has 1 unspecified atom stereocenters. The van der Waals surface area contributed by atoms with Crippen LogP contribution >= 0.6 is 11.6 Å². The Hall–Kier alpha value is -0.960. The number of halogens is 1. The molecule has 0 fully saturated rings. The van der Waals surface area contributed by atoms with Crippen molar-refractivity contribution >= 4 is 38.3 Å². The number of carbonyl (C=O) groups is 1. The van der Waals surface area contributed by atoms with Gasteiger partial charge in [0, 0.05) is 39.9 Å². The highest BCUT2D eigenvalue weighted by atomic mass is 35.5. The van der Waals surface area contributed by atoms with Crippen LogP contribution in [0.1, 0.15) is 16.8 Å². The van der Waals surface area contributed by atoms with Crippen molar-refractivity contribution in [3.63, 3.8) is 0 Å². The molecule has 1 atom stereocenters. The van der Waals surface area contributed by atoms with Gasteiger partial charge in [0.25, 0.3) is 5.91 Å². The molecule has 112 valence electrons. The summed E-state index contributed by atoms with van der Waals surface area (Å²) in [5.74, 6) is 0.0254. The maximum Gasteiger partial charge on any atom is 0.251 e. The average molecular weight is 339 g/mol. The van der Waals surface area contributed by atoms with E-state index in [0.717, 1.165) is 6.07 Å². The lowest BCUT2D eigenvalue weighted by molar-refractivity contribution is 0.0953. The van der Waals surface area contributed by atoms with Gasteiger partial charge in [-0.2, -0.15) is 0 Å². The Morgan fingerprint density at radius 1 is 1.40 bits per heavy atom. The first kappa shape index (κ1) is 17.1. The van der Waals surface area contributed by atoms with Crippen LogP contribution in [0.25, 0.3) is 0 Å². The predicted octanol–water partition coefficient (Wildman–Crippen LogP) is 0.486. The van der Waals surface area contributed by atoms with Gasteiger partial charge in [-0.15, -0.1) is 0 Å². The number of rotatable bonds is 6. The predicted molar refractivity (Wildman–Crippen MR) is 78.7 cm³/mol. The van der Waals surface area contributed by atoms with Crippen LogP contribution in [0.15, 0.2) is 23.1 Å². The number of nitrogens with one attached hydrogen (secondary N) is 1. The molecule has 0 aliphatic carbocycles. The van der Waals surface area contributed by atoms with Crippen molar-refractivity contribution in [3.05, 3.63) is 28.8 Å². The second-order valence-electron chi connectivity index (χ2n) is 4.11. The fraction of sp³-hybridized carbons (Fsp3) is 0.364. The Bertz CT molecular complexity index is 631. The minimum Gasteiger partial charge on any atom is -0.352 e. The molecular weight excluding hydrogens is 324 g/mol. The number of amides is 1. The van der Waals surface area contributed by atoms with Gasteiger partial charge in [0.05, 0.1) is 4.90 Å². The van der Waals surface area contributed by atoms with Crippen molar-refractivity contribution in [2.45, 2.75) is 11.3 Å². The molecule has 0 heterocycles. The van der Waals surface area contributed by atoms with Crippen LogP contribution in [0.2, 0.25) is 5.02 Å². The molecule has 20 heavy (non-hydrogen) atoms. The molecule has 9 heteroatoms. The molecule has 0 bridgehead atoms. The highest BCUT2D eigenvalue weighted by molar-refractivity contribution is 7.89. The molecule has 0 aliphatic heterocycles. The van der Waals surface area contributed by atoms with E-state index < -0.39 is 26.7 Å². The average Bonchev–Trinajstić information content (AvgIpc) is 2.32. The van der Waals surface area contributed by atoms with Gasteiger partial charge in [-0.1, -0.05) is 11.6 Å². The number of sulfonamides is 1. The van der Waals surface area contributed by atoms with E-state index in [1.807, 2.05) is 0 Å².